The van der Waals surface area contributed by atoms with E-state index >= 15 is 0 Å². The molecule has 0 spiro atoms. The molecule has 0 aliphatic carbocycles. The molecule has 0 fully saturated rings. The second-order valence-corrected chi connectivity index (χ2v) is 8.83. The van der Waals surface area contributed by atoms with Gasteiger partial charge in [0, 0.05) is 16.6 Å². The van der Waals surface area contributed by atoms with E-state index in [9.17, 15) is 0 Å². The lowest BCUT2D eigenvalue weighted by Gasteiger charge is -2.22. The van der Waals surface area contributed by atoms with Crippen LogP contribution in [0.25, 0.3) is 11.0 Å². The lowest BCUT2D eigenvalue weighted by atomic mass is 10.2. The van der Waals surface area contributed by atoms with Gasteiger partial charge in [-0.2, -0.15) is 0 Å². The van der Waals surface area contributed by atoms with E-state index in [1.54, 1.807) is 0 Å². The Hall–Kier alpha value is -1.75. The highest BCUT2D eigenvalue weighted by Crippen LogP contribution is 2.23. The minimum absolute atomic E-state index is 0.406. The summed E-state index contributed by atoms with van der Waals surface area (Å²) in [5, 5.41) is 1.40. The van der Waals surface area contributed by atoms with Gasteiger partial charge in [0.15, 0.2) is 0 Å². The summed E-state index contributed by atoms with van der Waals surface area (Å²) in [6, 6.07) is 13.3. The first-order valence-electron chi connectivity index (χ1n) is 11.4. The van der Waals surface area contributed by atoms with Crippen molar-refractivity contribution in [2.24, 2.45) is 0 Å². The zero-order valence-corrected chi connectivity index (χ0v) is 20.1. The van der Waals surface area contributed by atoms with Gasteiger partial charge in [-0.25, -0.2) is 4.98 Å². The maximum Gasteiger partial charge on any atom is 0.147 e. The van der Waals surface area contributed by atoms with Crippen molar-refractivity contribution >= 4 is 34.2 Å². The molecular weight excluding hydrogens is 429 g/mol. The third kappa shape index (κ3) is 7.13. The smallest absolute Gasteiger partial charge is 0.147 e. The molecule has 3 aromatic rings. The maximum absolute atomic E-state index is 6.21. The molecule has 0 amide bonds. The van der Waals surface area contributed by atoms with E-state index in [1.165, 1.54) is 38.8 Å². The molecule has 0 unspecified atom stereocenters. The predicted molar refractivity (Wildman–Crippen MR) is 131 cm³/mol. The first kappa shape index (κ1) is 23.9. The molecular formula is C25H33Cl2N3O. The number of hydrogen-bond donors (Lipinski definition) is 0. The Morgan fingerprint density at radius 1 is 0.871 bits per heavy atom. The molecule has 2 aromatic carbocycles. The number of aryl methyl sites for hydroxylation is 1. The minimum Gasteiger partial charge on any atom is -0.486 e. The van der Waals surface area contributed by atoms with Crippen LogP contribution in [-0.2, 0) is 13.2 Å². The summed E-state index contributed by atoms with van der Waals surface area (Å²) < 4.78 is 8.27. The Morgan fingerprint density at radius 3 is 2.19 bits per heavy atom. The molecule has 31 heavy (non-hydrogen) atoms. The molecule has 4 nitrogen and oxygen atoms in total. The highest BCUT2D eigenvalue weighted by atomic mass is 35.5. The highest BCUT2D eigenvalue weighted by Gasteiger charge is 2.13. The Balaban J connectivity index is 1.70. The zero-order valence-electron chi connectivity index (χ0n) is 18.6. The fourth-order valence-electron chi connectivity index (χ4n) is 3.74. The van der Waals surface area contributed by atoms with Gasteiger partial charge < -0.3 is 14.2 Å². The van der Waals surface area contributed by atoms with E-state index in [4.69, 9.17) is 32.9 Å². The molecule has 0 aliphatic heterocycles. The number of unbranched alkanes of at least 4 members (excludes halogenated alkanes) is 2. The van der Waals surface area contributed by atoms with Crippen molar-refractivity contribution in [2.45, 2.75) is 59.1 Å². The van der Waals surface area contributed by atoms with Crippen LogP contribution < -0.4 is 4.74 Å². The molecule has 0 N–H and O–H groups in total. The number of halogens is 2. The number of fused-ring (bicyclic) bond motifs is 1. The van der Waals surface area contributed by atoms with Gasteiger partial charge in [0.1, 0.15) is 18.2 Å². The van der Waals surface area contributed by atoms with Crippen molar-refractivity contribution in [1.29, 1.82) is 0 Å². The topological polar surface area (TPSA) is 30.3 Å². The van der Waals surface area contributed by atoms with Crippen LogP contribution in [0.3, 0.4) is 0 Å². The second-order valence-electron chi connectivity index (χ2n) is 7.96. The molecule has 0 saturated heterocycles. The molecule has 6 heteroatoms. The average Bonchev–Trinajstić information content (AvgIpc) is 3.11. The van der Waals surface area contributed by atoms with Crippen LogP contribution in [0.15, 0.2) is 42.5 Å². The first-order valence-corrected chi connectivity index (χ1v) is 12.1. The molecule has 0 bridgehead atoms. The third-order valence-electron chi connectivity index (χ3n) is 5.48. The summed E-state index contributed by atoms with van der Waals surface area (Å²) >= 11 is 12.2. The van der Waals surface area contributed by atoms with Gasteiger partial charge in [-0.05, 0) is 81.4 Å². The number of aromatic nitrogens is 2. The van der Waals surface area contributed by atoms with Crippen LogP contribution in [0.4, 0.5) is 0 Å². The molecule has 0 radical (unpaired) electrons. The van der Waals surface area contributed by atoms with Crippen LogP contribution in [-0.4, -0.2) is 34.1 Å². The second kappa shape index (κ2) is 12.3. The summed E-state index contributed by atoms with van der Waals surface area (Å²) in [7, 11) is 0. The van der Waals surface area contributed by atoms with Gasteiger partial charge in [-0.3, -0.25) is 0 Å². The van der Waals surface area contributed by atoms with Crippen molar-refractivity contribution in [3.63, 3.8) is 0 Å². The third-order valence-corrected chi connectivity index (χ3v) is 5.97. The first-order chi connectivity index (χ1) is 15.1. The van der Waals surface area contributed by atoms with Gasteiger partial charge in [0.25, 0.3) is 0 Å². The van der Waals surface area contributed by atoms with Crippen molar-refractivity contribution in [3.8, 4) is 5.75 Å². The summed E-state index contributed by atoms with van der Waals surface area (Å²) in [5.74, 6) is 1.70. The molecule has 0 aliphatic rings. The standard InChI is InChI=1S/C25H33Cl2N3O/c1-3-5-14-29(15-6-4-2)16-7-17-30-24-13-10-21(27)18-23(24)28-25(30)19-31-22-11-8-20(26)9-12-22/h8-13,18H,3-7,14-17,19H2,1-2H3. The van der Waals surface area contributed by atoms with Crippen LogP contribution >= 0.6 is 23.2 Å². The van der Waals surface area contributed by atoms with Crippen molar-refractivity contribution < 1.29 is 4.74 Å². The number of hydrogen-bond acceptors (Lipinski definition) is 3. The minimum atomic E-state index is 0.406. The van der Waals surface area contributed by atoms with E-state index in [0.717, 1.165) is 42.1 Å². The SMILES string of the molecule is CCCCN(CCCC)CCCn1c(COc2ccc(Cl)cc2)nc2cc(Cl)ccc21. The molecule has 3 rings (SSSR count). The molecule has 1 aromatic heterocycles. The van der Waals surface area contributed by atoms with Gasteiger partial charge in [-0.1, -0.05) is 49.9 Å². The predicted octanol–water partition coefficient (Wildman–Crippen LogP) is 7.21. The van der Waals surface area contributed by atoms with Crippen LogP contribution in [0, 0.1) is 0 Å². The van der Waals surface area contributed by atoms with Crippen molar-refractivity contribution in [1.82, 2.24) is 14.5 Å². The molecule has 0 saturated carbocycles. The zero-order chi connectivity index (χ0) is 22.1. The lowest BCUT2D eigenvalue weighted by molar-refractivity contribution is 0.254. The van der Waals surface area contributed by atoms with E-state index < -0.39 is 0 Å². The summed E-state index contributed by atoms with van der Waals surface area (Å²) in [5.41, 5.74) is 2.02. The van der Waals surface area contributed by atoms with E-state index in [2.05, 4.69) is 29.4 Å². The summed E-state index contributed by atoms with van der Waals surface area (Å²) in [6.07, 6.45) is 6.08. The summed E-state index contributed by atoms with van der Waals surface area (Å²) in [6.45, 7) is 9.30. The highest BCUT2D eigenvalue weighted by molar-refractivity contribution is 6.31. The quantitative estimate of drug-likeness (QED) is 0.269. The normalized spacial score (nSPS) is 11.5. The fourth-order valence-corrected chi connectivity index (χ4v) is 4.03. The van der Waals surface area contributed by atoms with Crippen LogP contribution in [0.5, 0.6) is 5.75 Å². The van der Waals surface area contributed by atoms with Crippen molar-refractivity contribution in [2.75, 3.05) is 19.6 Å². The maximum atomic E-state index is 6.21. The lowest BCUT2D eigenvalue weighted by Crippen LogP contribution is -2.28. The Morgan fingerprint density at radius 2 is 1.52 bits per heavy atom. The van der Waals surface area contributed by atoms with E-state index in [-0.39, 0.29) is 0 Å². The van der Waals surface area contributed by atoms with Crippen LogP contribution in [0.2, 0.25) is 10.0 Å². The van der Waals surface area contributed by atoms with Gasteiger partial charge in [-0.15, -0.1) is 0 Å². The molecule has 1 heterocycles. The number of imidazole rings is 1. The largest absolute Gasteiger partial charge is 0.486 e. The Kier molecular flexibility index (Phi) is 9.51. The van der Waals surface area contributed by atoms with Crippen molar-refractivity contribution in [3.05, 3.63) is 58.3 Å². The van der Waals surface area contributed by atoms with E-state index in [0.29, 0.717) is 16.7 Å². The molecule has 0 atom stereocenters. The monoisotopic (exact) mass is 461 g/mol. The van der Waals surface area contributed by atoms with E-state index in [1.807, 2.05) is 36.4 Å². The Bertz CT molecular complexity index is 932. The van der Waals surface area contributed by atoms with Gasteiger partial charge >= 0.3 is 0 Å². The molecule has 168 valence electrons. The summed E-state index contributed by atoms with van der Waals surface area (Å²) in [4.78, 5) is 7.42. The number of rotatable bonds is 13. The average molecular weight is 462 g/mol. The number of benzene rings is 2. The number of nitrogens with zero attached hydrogens (tertiary/aromatic N) is 3. The van der Waals surface area contributed by atoms with Gasteiger partial charge in [0.2, 0.25) is 0 Å². The van der Waals surface area contributed by atoms with Gasteiger partial charge in [0.05, 0.1) is 11.0 Å². The Labute approximate surface area is 196 Å². The fraction of sp³-hybridized carbons (Fsp3) is 0.480. The van der Waals surface area contributed by atoms with Crippen LogP contribution in [0.1, 0.15) is 51.8 Å². The number of ether oxygens (including phenoxy) is 1.